The quantitative estimate of drug-likeness (QED) is 0.479. The van der Waals surface area contributed by atoms with E-state index in [-0.39, 0.29) is 52.6 Å². The van der Waals surface area contributed by atoms with Gasteiger partial charge in [0.1, 0.15) is 17.1 Å². The molecule has 3 aromatic rings. The van der Waals surface area contributed by atoms with E-state index >= 15 is 0 Å². The van der Waals surface area contributed by atoms with Gasteiger partial charge in [-0.25, -0.2) is 4.79 Å². The number of nitrogens with two attached hydrogens (primary N) is 1. The van der Waals surface area contributed by atoms with E-state index in [9.17, 15) is 24.6 Å². The molecule has 0 bridgehead atoms. The summed E-state index contributed by atoms with van der Waals surface area (Å²) in [5.74, 6) is -1.64. The van der Waals surface area contributed by atoms with Crippen LogP contribution in [0.4, 0.5) is 5.82 Å². The summed E-state index contributed by atoms with van der Waals surface area (Å²) >= 11 is 0. The highest BCUT2D eigenvalue weighted by atomic mass is 16.5. The third kappa shape index (κ3) is 3.82. The van der Waals surface area contributed by atoms with Crippen molar-refractivity contribution in [1.29, 1.82) is 0 Å². The number of anilines is 1. The molecule has 156 valence electrons. The summed E-state index contributed by atoms with van der Waals surface area (Å²) in [4.78, 5) is 36.5. The highest BCUT2D eigenvalue weighted by molar-refractivity contribution is 6.09. The molecule has 0 aliphatic heterocycles. The number of ketones is 2. The maximum atomic E-state index is 12.7. The number of carbonyl (C=O) groups excluding carboxylic acids is 2. The van der Waals surface area contributed by atoms with Crippen molar-refractivity contribution in [3.63, 3.8) is 0 Å². The average molecular weight is 411 g/mol. The minimum Gasteiger partial charge on any atom is -0.508 e. The topological polar surface area (TPSA) is 149 Å². The zero-order valence-corrected chi connectivity index (χ0v) is 16.5. The van der Waals surface area contributed by atoms with Gasteiger partial charge in [0.25, 0.3) is 0 Å². The number of aromatic hydroxyl groups is 1. The number of hydrogen-bond donors (Lipinski definition) is 3. The average Bonchev–Trinajstić information content (AvgIpc) is 3.27. The van der Waals surface area contributed by atoms with Crippen LogP contribution in [0.3, 0.4) is 0 Å². The summed E-state index contributed by atoms with van der Waals surface area (Å²) in [6.07, 6.45) is 1.44. The van der Waals surface area contributed by atoms with Gasteiger partial charge in [0.2, 0.25) is 0 Å². The predicted molar refractivity (Wildman–Crippen MR) is 108 cm³/mol. The molecule has 1 aromatic carbocycles. The molecule has 3 rings (SSSR count). The second kappa shape index (κ2) is 8.24. The number of Topliss-reactive ketones (excluding diaryl/α,β-unsaturated/α-hetero) is 2. The van der Waals surface area contributed by atoms with E-state index in [1.807, 2.05) is 0 Å². The summed E-state index contributed by atoms with van der Waals surface area (Å²) in [6, 6.07) is 6.10. The van der Waals surface area contributed by atoms with Crippen molar-refractivity contribution in [3.8, 4) is 17.1 Å². The highest BCUT2D eigenvalue weighted by Crippen LogP contribution is 2.29. The molecule has 0 fully saturated rings. The van der Waals surface area contributed by atoms with E-state index in [1.165, 1.54) is 29.8 Å². The van der Waals surface area contributed by atoms with E-state index in [1.54, 1.807) is 19.1 Å². The molecule has 2 heterocycles. The van der Waals surface area contributed by atoms with Crippen molar-refractivity contribution >= 4 is 23.4 Å². The molecule has 4 N–H and O–H groups in total. The summed E-state index contributed by atoms with van der Waals surface area (Å²) in [5, 5.41) is 22.8. The molecule has 0 radical (unpaired) electrons. The molecule has 9 heteroatoms. The Kier molecular flexibility index (Phi) is 5.72. The van der Waals surface area contributed by atoms with Crippen LogP contribution in [0, 0.1) is 0 Å². The van der Waals surface area contributed by atoms with Crippen LogP contribution in [0.1, 0.15) is 57.0 Å². The molecule has 0 unspecified atom stereocenters. The molecule has 0 spiro atoms. The van der Waals surface area contributed by atoms with Crippen molar-refractivity contribution in [2.75, 3.05) is 5.73 Å². The summed E-state index contributed by atoms with van der Waals surface area (Å²) in [6.45, 7) is 3.58. The Bertz CT molecular complexity index is 1120. The summed E-state index contributed by atoms with van der Waals surface area (Å²) < 4.78 is 6.84. The van der Waals surface area contributed by atoms with Crippen LogP contribution in [0.25, 0.3) is 11.3 Å². The number of carboxylic acid groups (broad SMARTS) is 1. The third-order valence-corrected chi connectivity index (χ3v) is 4.81. The monoisotopic (exact) mass is 411 g/mol. The number of aromatic carboxylic acids is 1. The second-order valence-corrected chi connectivity index (χ2v) is 6.75. The Hall–Kier alpha value is -3.88. The van der Waals surface area contributed by atoms with Gasteiger partial charge >= 0.3 is 5.97 Å². The lowest BCUT2D eigenvalue weighted by molar-refractivity contribution is 0.0693. The van der Waals surface area contributed by atoms with E-state index in [0.29, 0.717) is 17.8 Å². The van der Waals surface area contributed by atoms with Crippen LogP contribution in [-0.4, -0.2) is 37.5 Å². The maximum absolute atomic E-state index is 12.7. The number of hydrogen-bond acceptors (Lipinski definition) is 7. The molecule has 2 aromatic heterocycles. The number of nitrogens with zero attached hydrogens (tertiary/aromatic N) is 2. The summed E-state index contributed by atoms with van der Waals surface area (Å²) in [7, 11) is 0. The first-order valence-corrected chi connectivity index (χ1v) is 9.28. The zero-order chi connectivity index (χ0) is 22.0. The largest absolute Gasteiger partial charge is 0.508 e. The first kappa shape index (κ1) is 20.8. The second-order valence-electron chi connectivity index (χ2n) is 6.75. The number of carbonyl (C=O) groups is 3. The number of phenols is 1. The van der Waals surface area contributed by atoms with Gasteiger partial charge in [-0.15, -0.1) is 0 Å². The lowest BCUT2D eigenvalue weighted by Gasteiger charge is -2.02. The Morgan fingerprint density at radius 3 is 2.40 bits per heavy atom. The van der Waals surface area contributed by atoms with E-state index in [4.69, 9.17) is 10.3 Å². The first-order valence-electron chi connectivity index (χ1n) is 9.28. The van der Waals surface area contributed by atoms with Crippen molar-refractivity contribution in [1.82, 2.24) is 9.72 Å². The van der Waals surface area contributed by atoms with Crippen molar-refractivity contribution < 1.29 is 29.1 Å². The van der Waals surface area contributed by atoms with Gasteiger partial charge in [0.05, 0.1) is 16.8 Å². The SMILES string of the molecule is CCn1cc(C(=O)CCc2noc(-c3ccc(O)cc3)c2C(C)=O)c(C(=O)O)c1N. The van der Waals surface area contributed by atoms with Crippen molar-refractivity contribution in [3.05, 3.63) is 52.8 Å². The normalized spacial score (nSPS) is 10.9. The molecule has 0 saturated heterocycles. The molecule has 0 saturated carbocycles. The van der Waals surface area contributed by atoms with Gasteiger partial charge in [-0.2, -0.15) is 0 Å². The Balaban J connectivity index is 1.88. The Morgan fingerprint density at radius 1 is 1.17 bits per heavy atom. The number of nitrogen functional groups attached to an aromatic ring is 1. The van der Waals surface area contributed by atoms with Gasteiger partial charge in [0.15, 0.2) is 17.3 Å². The lowest BCUT2D eigenvalue weighted by Crippen LogP contribution is -2.10. The molecular weight excluding hydrogens is 390 g/mol. The minimum absolute atomic E-state index is 0.0217. The number of rotatable bonds is 8. The van der Waals surface area contributed by atoms with Gasteiger partial charge in [-0.3, -0.25) is 9.59 Å². The van der Waals surface area contributed by atoms with E-state index < -0.39 is 11.8 Å². The number of phenolic OH excluding ortho intramolecular Hbond substituents is 1. The molecular formula is C21H21N3O6. The van der Waals surface area contributed by atoms with Gasteiger partial charge in [-0.05, 0) is 38.1 Å². The molecule has 30 heavy (non-hydrogen) atoms. The van der Waals surface area contributed by atoms with Crippen molar-refractivity contribution in [2.24, 2.45) is 0 Å². The summed E-state index contributed by atoms with van der Waals surface area (Å²) in [5.41, 5.74) is 6.75. The molecule has 0 amide bonds. The fraction of sp³-hybridized carbons (Fsp3) is 0.238. The predicted octanol–water partition coefficient (Wildman–Crippen LogP) is 3.17. The smallest absolute Gasteiger partial charge is 0.340 e. The third-order valence-electron chi connectivity index (χ3n) is 4.81. The van der Waals surface area contributed by atoms with Crippen LogP contribution in [-0.2, 0) is 13.0 Å². The van der Waals surface area contributed by atoms with Crippen LogP contribution in [0.15, 0.2) is 35.0 Å². The fourth-order valence-corrected chi connectivity index (χ4v) is 3.30. The first-order chi connectivity index (χ1) is 14.2. The minimum atomic E-state index is -1.27. The molecule has 9 nitrogen and oxygen atoms in total. The molecule has 0 aliphatic rings. The fourth-order valence-electron chi connectivity index (χ4n) is 3.30. The number of benzene rings is 1. The lowest BCUT2D eigenvalue weighted by atomic mass is 9.99. The van der Waals surface area contributed by atoms with Crippen molar-refractivity contribution in [2.45, 2.75) is 33.2 Å². The standard InChI is InChI=1S/C21H21N3O6/c1-3-24-10-14(18(20(24)22)21(28)29)16(27)9-8-15-17(11(2)25)19(30-23-15)12-4-6-13(26)7-5-12/h4-7,10,26H,3,8-9,22H2,1-2H3,(H,28,29). The molecule has 0 aliphatic carbocycles. The maximum Gasteiger partial charge on any atom is 0.340 e. The van der Waals surface area contributed by atoms with Gasteiger partial charge in [0, 0.05) is 31.1 Å². The Morgan fingerprint density at radius 2 is 1.83 bits per heavy atom. The van der Waals surface area contributed by atoms with E-state index in [0.717, 1.165) is 0 Å². The zero-order valence-electron chi connectivity index (χ0n) is 16.5. The van der Waals surface area contributed by atoms with Gasteiger partial charge < -0.3 is 25.0 Å². The van der Waals surface area contributed by atoms with Crippen LogP contribution >= 0.6 is 0 Å². The van der Waals surface area contributed by atoms with Gasteiger partial charge in [-0.1, -0.05) is 5.16 Å². The van der Waals surface area contributed by atoms with Crippen LogP contribution < -0.4 is 5.73 Å². The van der Waals surface area contributed by atoms with Crippen LogP contribution in [0.2, 0.25) is 0 Å². The Labute approximate surface area is 171 Å². The number of aryl methyl sites for hydroxylation is 2. The number of carboxylic acids is 1. The van der Waals surface area contributed by atoms with Crippen LogP contribution in [0.5, 0.6) is 5.75 Å². The number of aromatic nitrogens is 2. The van der Waals surface area contributed by atoms with E-state index in [2.05, 4.69) is 5.16 Å². The highest BCUT2D eigenvalue weighted by Gasteiger charge is 2.26. The molecule has 0 atom stereocenters.